The second kappa shape index (κ2) is 3.75. The van der Waals surface area contributed by atoms with Crippen LogP contribution in [0, 0.1) is 5.92 Å². The predicted octanol–water partition coefficient (Wildman–Crippen LogP) is 0.867. The molecule has 0 aliphatic heterocycles. The molecule has 0 aromatic carbocycles. The molecular weight excluding hydrogens is 176 g/mol. The largest absolute Gasteiger partial charge is 0.330 e. The van der Waals surface area contributed by atoms with Gasteiger partial charge in [0.05, 0.1) is 0 Å². The third-order valence-electron chi connectivity index (χ3n) is 2.22. The SMILES string of the molecule is CC(CN)Cc1nc2ccccn2n1. The summed E-state index contributed by atoms with van der Waals surface area (Å²) in [5, 5.41) is 4.35. The fraction of sp³-hybridized carbons (Fsp3) is 0.400. The highest BCUT2D eigenvalue weighted by molar-refractivity contribution is 5.36. The van der Waals surface area contributed by atoms with Gasteiger partial charge in [-0.05, 0) is 24.6 Å². The number of nitrogens with two attached hydrogens (primary N) is 1. The van der Waals surface area contributed by atoms with E-state index in [4.69, 9.17) is 5.73 Å². The van der Waals surface area contributed by atoms with Crippen molar-refractivity contribution < 1.29 is 0 Å². The maximum absolute atomic E-state index is 5.55. The lowest BCUT2D eigenvalue weighted by molar-refractivity contribution is 0.573. The van der Waals surface area contributed by atoms with Crippen molar-refractivity contribution in [2.45, 2.75) is 13.3 Å². The second-order valence-electron chi connectivity index (χ2n) is 3.58. The van der Waals surface area contributed by atoms with Gasteiger partial charge < -0.3 is 5.73 Å². The molecule has 14 heavy (non-hydrogen) atoms. The quantitative estimate of drug-likeness (QED) is 0.781. The first kappa shape index (κ1) is 9.15. The van der Waals surface area contributed by atoms with Crippen LogP contribution in [-0.4, -0.2) is 21.1 Å². The summed E-state index contributed by atoms with van der Waals surface area (Å²) in [5.41, 5.74) is 6.45. The Hall–Kier alpha value is -1.42. The zero-order valence-corrected chi connectivity index (χ0v) is 8.22. The summed E-state index contributed by atoms with van der Waals surface area (Å²) in [6.07, 6.45) is 2.75. The van der Waals surface area contributed by atoms with Crippen LogP contribution < -0.4 is 5.73 Å². The number of aromatic nitrogens is 3. The van der Waals surface area contributed by atoms with Gasteiger partial charge >= 0.3 is 0 Å². The Morgan fingerprint density at radius 2 is 2.36 bits per heavy atom. The maximum Gasteiger partial charge on any atom is 0.155 e. The van der Waals surface area contributed by atoms with Gasteiger partial charge in [-0.1, -0.05) is 13.0 Å². The first-order valence-electron chi connectivity index (χ1n) is 4.80. The Balaban J connectivity index is 2.27. The normalized spacial score (nSPS) is 13.3. The molecule has 0 aliphatic rings. The number of fused-ring (bicyclic) bond motifs is 1. The molecule has 0 bridgehead atoms. The lowest BCUT2D eigenvalue weighted by Crippen LogP contribution is -2.13. The second-order valence-corrected chi connectivity index (χ2v) is 3.58. The molecule has 1 unspecified atom stereocenters. The molecule has 0 aliphatic carbocycles. The van der Waals surface area contributed by atoms with E-state index in [2.05, 4.69) is 17.0 Å². The molecule has 0 radical (unpaired) electrons. The summed E-state index contributed by atoms with van der Waals surface area (Å²) in [5.74, 6) is 1.31. The van der Waals surface area contributed by atoms with E-state index in [-0.39, 0.29) is 0 Å². The van der Waals surface area contributed by atoms with Crippen LogP contribution in [0.5, 0.6) is 0 Å². The van der Waals surface area contributed by atoms with E-state index < -0.39 is 0 Å². The van der Waals surface area contributed by atoms with Crippen LogP contribution in [0.1, 0.15) is 12.7 Å². The molecule has 2 N–H and O–H groups in total. The van der Waals surface area contributed by atoms with E-state index in [9.17, 15) is 0 Å². The van der Waals surface area contributed by atoms with Crippen molar-refractivity contribution in [2.75, 3.05) is 6.54 Å². The van der Waals surface area contributed by atoms with Gasteiger partial charge in [-0.25, -0.2) is 9.50 Å². The number of pyridine rings is 1. The van der Waals surface area contributed by atoms with Gasteiger partial charge in [0.1, 0.15) is 0 Å². The van der Waals surface area contributed by atoms with Crippen LogP contribution in [0.15, 0.2) is 24.4 Å². The standard InChI is InChI=1S/C10H14N4/c1-8(7-11)6-9-12-10-4-2-3-5-14(10)13-9/h2-5,8H,6-7,11H2,1H3. The average Bonchev–Trinajstić information content (AvgIpc) is 2.59. The zero-order valence-electron chi connectivity index (χ0n) is 8.22. The van der Waals surface area contributed by atoms with Crippen molar-refractivity contribution in [3.05, 3.63) is 30.2 Å². The van der Waals surface area contributed by atoms with E-state index in [0.29, 0.717) is 12.5 Å². The van der Waals surface area contributed by atoms with Gasteiger partial charge in [0.15, 0.2) is 11.5 Å². The first-order chi connectivity index (χ1) is 6.79. The molecule has 2 aromatic heterocycles. The van der Waals surface area contributed by atoms with Gasteiger partial charge in [-0.15, -0.1) is 0 Å². The molecule has 2 aromatic rings. The number of hydrogen-bond acceptors (Lipinski definition) is 3. The van der Waals surface area contributed by atoms with Crippen LogP contribution >= 0.6 is 0 Å². The van der Waals surface area contributed by atoms with Crippen LogP contribution in [0.2, 0.25) is 0 Å². The molecule has 0 saturated carbocycles. The van der Waals surface area contributed by atoms with E-state index in [1.165, 1.54) is 0 Å². The molecule has 2 heterocycles. The van der Waals surface area contributed by atoms with Crippen molar-refractivity contribution in [3.63, 3.8) is 0 Å². The predicted molar refractivity (Wildman–Crippen MR) is 54.9 cm³/mol. The summed E-state index contributed by atoms with van der Waals surface area (Å²) in [6, 6.07) is 5.85. The highest BCUT2D eigenvalue weighted by Gasteiger charge is 2.06. The fourth-order valence-electron chi connectivity index (χ4n) is 1.36. The Kier molecular flexibility index (Phi) is 2.45. The van der Waals surface area contributed by atoms with Crippen LogP contribution in [0.4, 0.5) is 0 Å². The molecule has 4 heteroatoms. The molecule has 0 spiro atoms. The summed E-state index contributed by atoms with van der Waals surface area (Å²) in [6.45, 7) is 2.78. The third kappa shape index (κ3) is 1.75. The molecule has 2 rings (SSSR count). The Labute approximate surface area is 82.8 Å². The summed E-state index contributed by atoms with van der Waals surface area (Å²) in [4.78, 5) is 4.40. The molecule has 4 nitrogen and oxygen atoms in total. The Bertz CT molecular complexity index is 388. The summed E-state index contributed by atoms with van der Waals surface area (Å²) < 4.78 is 1.79. The molecule has 0 amide bonds. The fourth-order valence-corrected chi connectivity index (χ4v) is 1.36. The average molecular weight is 190 g/mol. The molecule has 1 atom stereocenters. The van der Waals surface area contributed by atoms with Gasteiger partial charge in [-0.3, -0.25) is 0 Å². The minimum Gasteiger partial charge on any atom is -0.330 e. The smallest absolute Gasteiger partial charge is 0.155 e. The van der Waals surface area contributed by atoms with Crippen LogP contribution in [-0.2, 0) is 6.42 Å². The topological polar surface area (TPSA) is 56.2 Å². The highest BCUT2D eigenvalue weighted by Crippen LogP contribution is 2.05. The van der Waals surface area contributed by atoms with Gasteiger partial charge in [0.2, 0.25) is 0 Å². The maximum atomic E-state index is 5.55. The van der Waals surface area contributed by atoms with Crippen LogP contribution in [0.3, 0.4) is 0 Å². The van der Waals surface area contributed by atoms with Crippen molar-refractivity contribution in [1.82, 2.24) is 14.6 Å². The lowest BCUT2D eigenvalue weighted by atomic mass is 10.1. The monoisotopic (exact) mass is 190 g/mol. The van der Waals surface area contributed by atoms with E-state index in [1.807, 2.05) is 24.4 Å². The van der Waals surface area contributed by atoms with E-state index in [0.717, 1.165) is 17.9 Å². The minimum absolute atomic E-state index is 0.437. The van der Waals surface area contributed by atoms with Gasteiger partial charge in [0.25, 0.3) is 0 Å². The van der Waals surface area contributed by atoms with E-state index in [1.54, 1.807) is 4.52 Å². The van der Waals surface area contributed by atoms with Crippen molar-refractivity contribution in [1.29, 1.82) is 0 Å². The Morgan fingerprint density at radius 1 is 1.50 bits per heavy atom. The van der Waals surface area contributed by atoms with E-state index >= 15 is 0 Å². The van der Waals surface area contributed by atoms with Crippen molar-refractivity contribution in [2.24, 2.45) is 11.7 Å². The lowest BCUT2D eigenvalue weighted by Gasteiger charge is -2.02. The number of nitrogens with zero attached hydrogens (tertiary/aromatic N) is 3. The van der Waals surface area contributed by atoms with Crippen molar-refractivity contribution in [3.8, 4) is 0 Å². The molecule has 74 valence electrons. The first-order valence-corrected chi connectivity index (χ1v) is 4.80. The number of hydrogen-bond donors (Lipinski definition) is 1. The molecule has 0 saturated heterocycles. The van der Waals surface area contributed by atoms with Gasteiger partial charge in [-0.2, -0.15) is 5.10 Å². The number of rotatable bonds is 3. The van der Waals surface area contributed by atoms with Crippen LogP contribution in [0.25, 0.3) is 5.65 Å². The Morgan fingerprint density at radius 3 is 3.07 bits per heavy atom. The molecular formula is C10H14N4. The summed E-state index contributed by atoms with van der Waals surface area (Å²) >= 11 is 0. The zero-order chi connectivity index (χ0) is 9.97. The molecule has 0 fully saturated rings. The van der Waals surface area contributed by atoms with Gasteiger partial charge in [0, 0.05) is 12.6 Å². The highest BCUT2D eigenvalue weighted by atomic mass is 15.3. The van der Waals surface area contributed by atoms with Crippen molar-refractivity contribution >= 4 is 5.65 Å². The minimum atomic E-state index is 0.437. The third-order valence-corrected chi connectivity index (χ3v) is 2.22. The summed E-state index contributed by atoms with van der Waals surface area (Å²) in [7, 11) is 0.